The van der Waals surface area contributed by atoms with Crippen molar-refractivity contribution in [3.63, 3.8) is 0 Å². The largest absolute Gasteiger partial charge is 0.373 e. The third-order valence-electron chi connectivity index (χ3n) is 4.73. The fourth-order valence-corrected chi connectivity index (χ4v) is 4.19. The van der Waals surface area contributed by atoms with Crippen molar-refractivity contribution < 1.29 is 13.2 Å². The van der Waals surface area contributed by atoms with Crippen molar-refractivity contribution in [2.75, 3.05) is 43.9 Å². The lowest BCUT2D eigenvalue weighted by Crippen LogP contribution is -2.46. The van der Waals surface area contributed by atoms with Gasteiger partial charge in [0.15, 0.2) is 0 Å². The monoisotopic (exact) mass is 367 g/mol. The zero-order valence-corrected chi connectivity index (χ0v) is 16.2. The average molecular weight is 368 g/mol. The topological polar surface area (TPSA) is 69.7 Å². The average Bonchev–Trinajstić information content (AvgIpc) is 2.62. The quantitative estimate of drug-likeness (QED) is 0.795. The highest BCUT2D eigenvalue weighted by molar-refractivity contribution is 7.89. The lowest BCUT2D eigenvalue weighted by Gasteiger charge is -2.31. The first-order chi connectivity index (χ1) is 11.8. The van der Waals surface area contributed by atoms with Gasteiger partial charge in [0.05, 0.1) is 11.7 Å². The number of hydrogen-bond donors (Lipinski definition) is 1. The molecule has 1 aromatic carbocycles. The van der Waals surface area contributed by atoms with E-state index >= 15 is 0 Å². The number of rotatable bonds is 7. The van der Waals surface area contributed by atoms with E-state index < -0.39 is 10.0 Å². The van der Waals surface area contributed by atoms with Gasteiger partial charge in [-0.25, -0.2) is 12.7 Å². The Kier molecular flexibility index (Phi) is 6.84. The van der Waals surface area contributed by atoms with Crippen molar-refractivity contribution in [3.8, 4) is 0 Å². The number of aryl methyl sites for hydroxylation is 1. The summed E-state index contributed by atoms with van der Waals surface area (Å²) < 4.78 is 25.4. The second kappa shape index (κ2) is 8.67. The molecule has 0 saturated carbocycles. The summed E-state index contributed by atoms with van der Waals surface area (Å²) in [5, 5.41) is 2.95. The number of amides is 1. The van der Waals surface area contributed by atoms with Crippen molar-refractivity contribution in [1.29, 1.82) is 0 Å². The molecule has 1 amide bonds. The minimum absolute atomic E-state index is 0.0479. The Hall–Kier alpha value is -1.60. The van der Waals surface area contributed by atoms with Gasteiger partial charge in [0.1, 0.15) is 0 Å². The number of piperidine rings is 1. The Bertz CT molecular complexity index is 673. The van der Waals surface area contributed by atoms with Gasteiger partial charge in [-0.15, -0.1) is 0 Å². The molecular formula is C18H29N3O3S. The highest BCUT2D eigenvalue weighted by Crippen LogP contribution is 2.19. The van der Waals surface area contributed by atoms with Crippen LogP contribution in [0.2, 0.25) is 0 Å². The van der Waals surface area contributed by atoms with Gasteiger partial charge in [0.2, 0.25) is 15.9 Å². The highest BCUT2D eigenvalue weighted by Gasteiger charge is 2.31. The van der Waals surface area contributed by atoms with E-state index in [1.807, 2.05) is 7.05 Å². The van der Waals surface area contributed by atoms with Crippen LogP contribution < -0.4 is 10.2 Å². The van der Waals surface area contributed by atoms with E-state index in [0.29, 0.717) is 26.2 Å². The number of carbonyl (C=O) groups is 1. The Balaban J connectivity index is 1.80. The van der Waals surface area contributed by atoms with Gasteiger partial charge in [-0.1, -0.05) is 17.7 Å². The molecule has 140 valence electrons. The van der Waals surface area contributed by atoms with Gasteiger partial charge in [-0.05, 0) is 38.8 Å². The van der Waals surface area contributed by atoms with Crippen LogP contribution in [-0.4, -0.2) is 57.6 Å². The van der Waals surface area contributed by atoms with Gasteiger partial charge in [0.25, 0.3) is 0 Å². The summed E-state index contributed by atoms with van der Waals surface area (Å²) in [5.74, 6) is -0.212. The van der Waals surface area contributed by atoms with E-state index in [9.17, 15) is 13.2 Å². The molecule has 0 radical (unpaired) electrons. The van der Waals surface area contributed by atoms with Crippen LogP contribution >= 0.6 is 0 Å². The number of benzene rings is 1. The predicted molar refractivity (Wildman–Crippen MR) is 101 cm³/mol. The minimum atomic E-state index is -3.22. The van der Waals surface area contributed by atoms with Crippen molar-refractivity contribution in [2.45, 2.75) is 26.7 Å². The molecule has 1 fully saturated rings. The summed E-state index contributed by atoms with van der Waals surface area (Å²) in [6.07, 6.45) is 1.48. The van der Waals surface area contributed by atoms with E-state index in [1.165, 1.54) is 9.87 Å². The summed E-state index contributed by atoms with van der Waals surface area (Å²) in [6, 6.07) is 8.25. The van der Waals surface area contributed by atoms with E-state index in [0.717, 1.165) is 18.5 Å². The molecule has 7 heteroatoms. The predicted octanol–water partition coefficient (Wildman–Crippen LogP) is 1.61. The number of anilines is 1. The molecule has 0 aliphatic carbocycles. The van der Waals surface area contributed by atoms with E-state index in [1.54, 1.807) is 6.92 Å². The van der Waals surface area contributed by atoms with Crippen LogP contribution in [0.1, 0.15) is 25.3 Å². The number of carbonyl (C=O) groups excluding carboxylic acids is 1. The van der Waals surface area contributed by atoms with Gasteiger partial charge in [-0.2, -0.15) is 0 Å². The number of hydrogen-bond acceptors (Lipinski definition) is 4. The zero-order valence-electron chi connectivity index (χ0n) is 15.4. The Morgan fingerprint density at radius 3 is 2.64 bits per heavy atom. The molecule has 0 spiro atoms. The van der Waals surface area contributed by atoms with Crippen LogP contribution in [0.4, 0.5) is 5.69 Å². The van der Waals surface area contributed by atoms with Crippen LogP contribution in [0.3, 0.4) is 0 Å². The molecule has 1 aliphatic heterocycles. The summed E-state index contributed by atoms with van der Waals surface area (Å²) >= 11 is 0. The van der Waals surface area contributed by atoms with E-state index in [2.05, 4.69) is 41.4 Å². The molecule has 2 rings (SSSR count). The molecule has 1 heterocycles. The molecule has 25 heavy (non-hydrogen) atoms. The van der Waals surface area contributed by atoms with Crippen LogP contribution in [0, 0.1) is 12.8 Å². The van der Waals surface area contributed by atoms with Crippen molar-refractivity contribution >= 4 is 21.6 Å². The van der Waals surface area contributed by atoms with Crippen LogP contribution in [0.15, 0.2) is 24.3 Å². The first-order valence-corrected chi connectivity index (χ1v) is 10.5. The third-order valence-corrected chi connectivity index (χ3v) is 6.58. The first-order valence-electron chi connectivity index (χ1n) is 8.87. The SMILES string of the molecule is CCS(=O)(=O)N1CCC[C@H](C(=O)NCCN(C)c2ccc(C)cc2)C1. The number of nitrogens with zero attached hydrogens (tertiary/aromatic N) is 2. The molecule has 1 atom stereocenters. The van der Waals surface area contributed by atoms with Crippen molar-refractivity contribution in [3.05, 3.63) is 29.8 Å². The smallest absolute Gasteiger partial charge is 0.224 e. The molecule has 1 aromatic rings. The standard InChI is InChI=1S/C18H29N3O3S/c1-4-25(23,24)21-12-5-6-16(14-21)18(22)19-11-13-20(3)17-9-7-15(2)8-10-17/h7-10,16H,4-6,11-14H2,1-3H3,(H,19,22)/t16-/m0/s1. The van der Waals surface area contributed by atoms with Crippen molar-refractivity contribution in [2.24, 2.45) is 5.92 Å². The van der Waals surface area contributed by atoms with Gasteiger partial charge >= 0.3 is 0 Å². The fraction of sp³-hybridized carbons (Fsp3) is 0.611. The van der Waals surface area contributed by atoms with Gasteiger partial charge < -0.3 is 10.2 Å². The molecule has 1 aliphatic rings. The third kappa shape index (κ3) is 5.44. The number of likely N-dealkylation sites (N-methyl/N-ethyl adjacent to an activating group) is 1. The highest BCUT2D eigenvalue weighted by atomic mass is 32.2. The second-order valence-corrected chi connectivity index (χ2v) is 8.90. The first kappa shape index (κ1) is 19.7. The van der Waals surface area contributed by atoms with E-state index in [-0.39, 0.29) is 17.6 Å². The van der Waals surface area contributed by atoms with Crippen LogP contribution in [0.25, 0.3) is 0 Å². The molecule has 6 nitrogen and oxygen atoms in total. The van der Waals surface area contributed by atoms with Gasteiger partial charge in [0, 0.05) is 38.9 Å². The summed E-state index contributed by atoms with van der Waals surface area (Å²) in [7, 11) is -1.22. The maximum absolute atomic E-state index is 12.4. The minimum Gasteiger partial charge on any atom is -0.373 e. The molecule has 0 aromatic heterocycles. The van der Waals surface area contributed by atoms with Crippen LogP contribution in [-0.2, 0) is 14.8 Å². The second-order valence-electron chi connectivity index (χ2n) is 6.65. The molecule has 0 unspecified atom stereocenters. The normalized spacial score (nSPS) is 18.8. The van der Waals surface area contributed by atoms with E-state index in [4.69, 9.17) is 0 Å². The Morgan fingerprint density at radius 1 is 1.32 bits per heavy atom. The fourth-order valence-electron chi connectivity index (χ4n) is 3.01. The molecule has 0 bridgehead atoms. The zero-order chi connectivity index (χ0) is 18.4. The van der Waals surface area contributed by atoms with Gasteiger partial charge in [-0.3, -0.25) is 4.79 Å². The lowest BCUT2D eigenvalue weighted by atomic mass is 9.99. The Morgan fingerprint density at radius 2 is 2.00 bits per heavy atom. The number of sulfonamides is 1. The molecule has 1 N–H and O–H groups in total. The number of nitrogens with one attached hydrogen (secondary N) is 1. The molecule has 1 saturated heterocycles. The van der Waals surface area contributed by atoms with Crippen LogP contribution in [0.5, 0.6) is 0 Å². The molecular weight excluding hydrogens is 338 g/mol. The Labute approximate surface area is 151 Å². The van der Waals surface area contributed by atoms with Crippen molar-refractivity contribution in [1.82, 2.24) is 9.62 Å². The summed E-state index contributed by atoms with van der Waals surface area (Å²) in [6.45, 7) is 5.76. The lowest BCUT2D eigenvalue weighted by molar-refractivity contribution is -0.126. The maximum Gasteiger partial charge on any atom is 0.224 e. The summed E-state index contributed by atoms with van der Waals surface area (Å²) in [4.78, 5) is 14.5. The summed E-state index contributed by atoms with van der Waals surface area (Å²) in [5.41, 5.74) is 2.33. The maximum atomic E-state index is 12.4.